The first-order valence-corrected chi connectivity index (χ1v) is 5.84. The van der Waals surface area contributed by atoms with E-state index in [0.717, 1.165) is 12.8 Å². The van der Waals surface area contributed by atoms with Gasteiger partial charge in [-0.15, -0.1) is 0 Å². The van der Waals surface area contributed by atoms with Crippen molar-refractivity contribution in [3.63, 3.8) is 0 Å². The predicted octanol–water partition coefficient (Wildman–Crippen LogP) is 0.00198. The first-order chi connectivity index (χ1) is 8.95. The molecule has 1 saturated carbocycles. The summed E-state index contributed by atoms with van der Waals surface area (Å²) in [6, 6.07) is -0.165. The molecule has 1 rings (SSSR count). The third-order valence-electron chi connectivity index (χ3n) is 2.69. The number of aliphatic carboxylic acids is 2. The van der Waals surface area contributed by atoms with Crippen LogP contribution in [0.4, 0.5) is 4.79 Å². The first kappa shape index (κ1) is 14.8. The zero-order valence-corrected chi connectivity index (χ0v) is 10.2. The van der Waals surface area contributed by atoms with Crippen molar-refractivity contribution >= 4 is 18.0 Å². The summed E-state index contributed by atoms with van der Waals surface area (Å²) >= 11 is 0. The van der Waals surface area contributed by atoms with Crippen LogP contribution in [0.2, 0.25) is 0 Å². The zero-order chi connectivity index (χ0) is 14.4. The van der Waals surface area contributed by atoms with E-state index in [-0.39, 0.29) is 19.0 Å². The van der Waals surface area contributed by atoms with Crippen molar-refractivity contribution < 1.29 is 24.6 Å². The zero-order valence-electron chi connectivity index (χ0n) is 10.2. The van der Waals surface area contributed by atoms with Gasteiger partial charge in [0, 0.05) is 12.6 Å². The number of hydrogen-bond acceptors (Lipinski definition) is 4. The van der Waals surface area contributed by atoms with Crippen molar-refractivity contribution in [2.45, 2.75) is 37.8 Å². The van der Waals surface area contributed by atoms with E-state index < -0.39 is 30.4 Å². The summed E-state index contributed by atoms with van der Waals surface area (Å²) in [5, 5.41) is 28.1. The Bertz CT molecular complexity index is 413. The second-order valence-electron chi connectivity index (χ2n) is 4.27. The van der Waals surface area contributed by atoms with Gasteiger partial charge in [-0.25, -0.2) is 9.59 Å². The Morgan fingerprint density at radius 2 is 2.00 bits per heavy atom. The highest BCUT2D eigenvalue weighted by atomic mass is 16.4. The largest absolute Gasteiger partial charge is 0.481 e. The summed E-state index contributed by atoms with van der Waals surface area (Å²) in [5.41, 5.74) is 0. The number of carbonyl (C=O) groups is 3. The molecule has 0 aliphatic heterocycles. The van der Waals surface area contributed by atoms with Gasteiger partial charge in [-0.3, -0.25) is 4.79 Å². The molecule has 3 N–H and O–H groups in total. The molecular formula is C11H15N3O5. The topological polar surface area (TPSA) is 131 Å². The van der Waals surface area contributed by atoms with Crippen molar-refractivity contribution in [3.8, 4) is 6.07 Å². The van der Waals surface area contributed by atoms with E-state index in [1.54, 1.807) is 0 Å². The van der Waals surface area contributed by atoms with Gasteiger partial charge in [0.05, 0.1) is 18.9 Å². The lowest BCUT2D eigenvalue weighted by atomic mass is 10.2. The van der Waals surface area contributed by atoms with Gasteiger partial charge in [0.2, 0.25) is 0 Å². The van der Waals surface area contributed by atoms with Crippen molar-refractivity contribution in [2.24, 2.45) is 0 Å². The molecule has 0 heterocycles. The van der Waals surface area contributed by atoms with Crippen LogP contribution >= 0.6 is 0 Å². The lowest BCUT2D eigenvalue weighted by molar-refractivity contribution is -0.145. The number of nitrogens with one attached hydrogen (secondary N) is 1. The molecule has 0 aromatic rings. The van der Waals surface area contributed by atoms with Crippen LogP contribution in [0.3, 0.4) is 0 Å². The highest BCUT2D eigenvalue weighted by molar-refractivity contribution is 5.86. The third kappa shape index (κ3) is 4.83. The van der Waals surface area contributed by atoms with E-state index in [0.29, 0.717) is 0 Å². The minimum Gasteiger partial charge on any atom is -0.481 e. The summed E-state index contributed by atoms with van der Waals surface area (Å²) in [6.45, 7) is 0.215. The predicted molar refractivity (Wildman–Crippen MR) is 62.2 cm³/mol. The van der Waals surface area contributed by atoms with Crippen molar-refractivity contribution in [2.75, 3.05) is 6.54 Å². The molecule has 19 heavy (non-hydrogen) atoms. The van der Waals surface area contributed by atoms with Crippen LogP contribution in [0.15, 0.2) is 0 Å². The van der Waals surface area contributed by atoms with Gasteiger partial charge in [-0.1, -0.05) is 0 Å². The minimum atomic E-state index is -1.46. The molecule has 8 nitrogen and oxygen atoms in total. The van der Waals surface area contributed by atoms with Gasteiger partial charge >= 0.3 is 18.0 Å². The van der Waals surface area contributed by atoms with Crippen LogP contribution < -0.4 is 5.32 Å². The van der Waals surface area contributed by atoms with Gasteiger partial charge < -0.3 is 20.4 Å². The summed E-state index contributed by atoms with van der Waals surface area (Å²) in [5.74, 6) is -2.70. The van der Waals surface area contributed by atoms with Gasteiger partial charge in [-0.2, -0.15) is 5.26 Å². The standard InChI is InChI=1S/C11H15N3O5/c12-4-1-5-14(7-2-3-7)11(19)13-8(10(17)18)6-9(15)16/h7-8H,1-3,5-6H2,(H,13,19)(H,15,16)(H,17,18)/t8-/m0/s1. The Kier molecular flexibility index (Phi) is 5.11. The molecule has 0 aromatic carbocycles. The van der Waals surface area contributed by atoms with E-state index in [2.05, 4.69) is 5.32 Å². The molecule has 1 atom stereocenters. The summed E-state index contributed by atoms with van der Waals surface area (Å²) in [4.78, 5) is 34.6. The molecule has 0 bridgehead atoms. The van der Waals surface area contributed by atoms with Crippen molar-refractivity contribution in [1.29, 1.82) is 5.26 Å². The number of rotatable bonds is 7. The molecular weight excluding hydrogens is 254 g/mol. The number of amides is 2. The maximum absolute atomic E-state index is 11.9. The summed E-state index contributed by atoms with van der Waals surface area (Å²) in [7, 11) is 0. The van der Waals surface area contributed by atoms with E-state index in [1.807, 2.05) is 6.07 Å². The number of nitrogens with zero attached hydrogens (tertiary/aromatic N) is 2. The number of nitriles is 1. The molecule has 1 aliphatic carbocycles. The molecule has 2 amide bonds. The summed E-state index contributed by atoms with van der Waals surface area (Å²) in [6.07, 6.45) is 1.10. The fraction of sp³-hybridized carbons (Fsp3) is 0.636. The van der Waals surface area contributed by atoms with Crippen LogP contribution in [-0.2, 0) is 9.59 Å². The first-order valence-electron chi connectivity index (χ1n) is 5.84. The quantitative estimate of drug-likeness (QED) is 0.596. The van der Waals surface area contributed by atoms with E-state index in [4.69, 9.17) is 15.5 Å². The highest BCUT2D eigenvalue weighted by Crippen LogP contribution is 2.26. The van der Waals surface area contributed by atoms with Crippen LogP contribution in [0.1, 0.15) is 25.7 Å². The molecule has 8 heteroatoms. The molecule has 0 saturated heterocycles. The Labute approximate surface area is 109 Å². The molecule has 0 aromatic heterocycles. The summed E-state index contributed by atoms with van der Waals surface area (Å²) < 4.78 is 0. The molecule has 0 spiro atoms. The second-order valence-corrected chi connectivity index (χ2v) is 4.27. The Balaban J connectivity index is 2.60. The fourth-order valence-corrected chi connectivity index (χ4v) is 1.61. The van der Waals surface area contributed by atoms with Crippen molar-refractivity contribution in [3.05, 3.63) is 0 Å². The smallest absolute Gasteiger partial charge is 0.326 e. The SMILES string of the molecule is N#CCCN(C(=O)N[C@@H](CC(=O)O)C(=O)O)C1CC1. The molecule has 0 unspecified atom stereocenters. The average Bonchev–Trinajstić information content (AvgIpc) is 3.12. The lowest BCUT2D eigenvalue weighted by Gasteiger charge is -2.23. The van der Waals surface area contributed by atoms with E-state index in [1.165, 1.54) is 4.90 Å². The maximum atomic E-state index is 11.9. The van der Waals surface area contributed by atoms with Crippen LogP contribution in [0, 0.1) is 11.3 Å². The average molecular weight is 269 g/mol. The lowest BCUT2D eigenvalue weighted by Crippen LogP contribution is -2.49. The number of hydrogen-bond donors (Lipinski definition) is 3. The minimum absolute atomic E-state index is 0.0209. The number of urea groups is 1. The number of carboxylic acid groups (broad SMARTS) is 2. The Hall–Kier alpha value is -2.30. The number of carbonyl (C=O) groups excluding carboxylic acids is 1. The molecule has 0 radical (unpaired) electrons. The van der Waals surface area contributed by atoms with Crippen LogP contribution in [0.25, 0.3) is 0 Å². The van der Waals surface area contributed by atoms with Gasteiger partial charge in [-0.05, 0) is 12.8 Å². The number of carboxylic acids is 2. The molecule has 1 fully saturated rings. The van der Waals surface area contributed by atoms with Gasteiger partial charge in [0.15, 0.2) is 0 Å². The van der Waals surface area contributed by atoms with Crippen LogP contribution in [-0.4, -0.2) is 51.7 Å². The Morgan fingerprint density at radius 1 is 1.37 bits per heavy atom. The van der Waals surface area contributed by atoms with Gasteiger partial charge in [0.25, 0.3) is 0 Å². The van der Waals surface area contributed by atoms with Crippen LogP contribution in [0.5, 0.6) is 0 Å². The maximum Gasteiger partial charge on any atom is 0.326 e. The third-order valence-corrected chi connectivity index (χ3v) is 2.69. The van der Waals surface area contributed by atoms with E-state index in [9.17, 15) is 14.4 Å². The monoisotopic (exact) mass is 269 g/mol. The second kappa shape index (κ2) is 6.58. The van der Waals surface area contributed by atoms with Gasteiger partial charge in [0.1, 0.15) is 6.04 Å². The van der Waals surface area contributed by atoms with Crippen molar-refractivity contribution in [1.82, 2.24) is 10.2 Å². The van der Waals surface area contributed by atoms with E-state index >= 15 is 0 Å². The fourth-order valence-electron chi connectivity index (χ4n) is 1.61. The normalized spacial score (nSPS) is 15.1. The highest BCUT2D eigenvalue weighted by Gasteiger charge is 2.34. The molecule has 1 aliphatic rings. The Morgan fingerprint density at radius 3 is 2.42 bits per heavy atom. The molecule has 104 valence electrons.